The smallest absolute Gasteiger partial charge is 0.490 e. The summed E-state index contributed by atoms with van der Waals surface area (Å²) < 4.78 is 59.8. The fourth-order valence-electron chi connectivity index (χ4n) is 2.95. The molecule has 0 radical (unpaired) electrons. The summed E-state index contributed by atoms with van der Waals surface area (Å²) in [5, 5.41) is 0. The van der Waals surface area contributed by atoms with Gasteiger partial charge in [-0.05, 0) is 42.5 Å². The Bertz CT molecular complexity index is 785. The Morgan fingerprint density at radius 1 is 1.00 bits per heavy atom. The molecule has 8 heteroatoms. The summed E-state index contributed by atoms with van der Waals surface area (Å²) in [6.45, 7) is 1.28. The van der Waals surface area contributed by atoms with Crippen molar-refractivity contribution in [2.24, 2.45) is 0 Å². The van der Waals surface area contributed by atoms with Crippen LogP contribution in [0.25, 0.3) is 0 Å². The molecule has 144 valence electrons. The Morgan fingerprint density at radius 3 is 2.19 bits per heavy atom. The van der Waals surface area contributed by atoms with E-state index in [0.717, 1.165) is 0 Å². The zero-order valence-electron chi connectivity index (χ0n) is 14.2. The van der Waals surface area contributed by atoms with Crippen LogP contribution in [0.1, 0.15) is 23.2 Å². The topological polar surface area (TPSA) is 38.8 Å². The van der Waals surface area contributed by atoms with Crippen LogP contribution in [0, 0.1) is 5.82 Å². The zero-order chi connectivity index (χ0) is 19.4. The number of ether oxygens (including phenoxy) is 2. The number of rotatable bonds is 5. The Balaban J connectivity index is 1.53. The van der Waals surface area contributed by atoms with Gasteiger partial charge in [-0.3, -0.25) is 4.79 Å². The summed E-state index contributed by atoms with van der Waals surface area (Å²) in [4.78, 5) is 12.7. The van der Waals surface area contributed by atoms with Crippen molar-refractivity contribution in [3.05, 3.63) is 53.8 Å². The Hall–Kier alpha value is -2.77. The van der Waals surface area contributed by atoms with Gasteiger partial charge in [0, 0.05) is 31.6 Å². The minimum Gasteiger partial charge on any atom is -0.490 e. The summed E-state index contributed by atoms with van der Waals surface area (Å²) in [7, 11) is 0. The highest BCUT2D eigenvalue weighted by atomic mass is 19.4. The Labute approximate surface area is 153 Å². The lowest BCUT2D eigenvalue weighted by Gasteiger charge is -2.33. The van der Waals surface area contributed by atoms with Crippen molar-refractivity contribution in [3.8, 4) is 11.5 Å². The summed E-state index contributed by atoms with van der Waals surface area (Å²) in [5.74, 6) is -0.392. The van der Waals surface area contributed by atoms with E-state index in [1.165, 1.54) is 36.4 Å². The van der Waals surface area contributed by atoms with E-state index in [9.17, 15) is 22.4 Å². The summed E-state index contributed by atoms with van der Waals surface area (Å²) in [5.41, 5.74) is 0.722. The molecule has 1 saturated heterocycles. The Morgan fingerprint density at radius 2 is 1.63 bits per heavy atom. The number of aldehydes is 1. The normalized spacial score (nSPS) is 15.5. The van der Waals surface area contributed by atoms with Gasteiger partial charge in [0.05, 0.1) is 5.56 Å². The molecule has 1 fully saturated rings. The van der Waals surface area contributed by atoms with E-state index in [1.807, 2.05) is 4.90 Å². The van der Waals surface area contributed by atoms with Crippen molar-refractivity contribution in [2.75, 3.05) is 18.0 Å². The van der Waals surface area contributed by atoms with Crippen molar-refractivity contribution in [1.82, 2.24) is 0 Å². The van der Waals surface area contributed by atoms with E-state index in [1.54, 1.807) is 6.07 Å². The number of halogens is 4. The maximum atomic E-state index is 13.7. The maximum absolute atomic E-state index is 13.7. The summed E-state index contributed by atoms with van der Waals surface area (Å²) in [6.07, 6.45) is -2.98. The van der Waals surface area contributed by atoms with Gasteiger partial charge in [0.2, 0.25) is 0 Å². The molecular formula is C19H17F4NO3. The minimum absolute atomic E-state index is 0.0231. The van der Waals surface area contributed by atoms with Crippen LogP contribution in [0.2, 0.25) is 0 Å². The molecule has 0 N–H and O–H groups in total. The van der Waals surface area contributed by atoms with Gasteiger partial charge in [0.15, 0.2) is 6.29 Å². The molecule has 0 unspecified atom stereocenters. The van der Waals surface area contributed by atoms with Crippen molar-refractivity contribution in [2.45, 2.75) is 25.3 Å². The van der Waals surface area contributed by atoms with Crippen molar-refractivity contribution < 1.29 is 31.8 Å². The monoisotopic (exact) mass is 383 g/mol. The van der Waals surface area contributed by atoms with Crippen LogP contribution in [0.3, 0.4) is 0 Å². The number of benzene rings is 2. The lowest BCUT2D eigenvalue weighted by molar-refractivity contribution is -0.274. The number of nitrogens with zero attached hydrogens (tertiary/aromatic N) is 1. The van der Waals surface area contributed by atoms with Crippen LogP contribution < -0.4 is 14.4 Å². The number of anilines is 1. The predicted octanol–water partition coefficient (Wildman–Crippen LogP) is 4.58. The van der Waals surface area contributed by atoms with Crippen LogP contribution in [0.5, 0.6) is 11.5 Å². The fourth-order valence-corrected chi connectivity index (χ4v) is 2.95. The summed E-state index contributed by atoms with van der Waals surface area (Å²) >= 11 is 0. The first-order valence-electron chi connectivity index (χ1n) is 8.36. The van der Waals surface area contributed by atoms with Gasteiger partial charge in [0.25, 0.3) is 0 Å². The third-order valence-corrected chi connectivity index (χ3v) is 4.28. The molecule has 1 heterocycles. The van der Waals surface area contributed by atoms with Gasteiger partial charge >= 0.3 is 6.36 Å². The predicted molar refractivity (Wildman–Crippen MR) is 90.8 cm³/mol. The van der Waals surface area contributed by atoms with Gasteiger partial charge in [-0.1, -0.05) is 0 Å². The van der Waals surface area contributed by atoms with Gasteiger partial charge in [-0.25, -0.2) is 4.39 Å². The van der Waals surface area contributed by atoms with Gasteiger partial charge < -0.3 is 14.4 Å². The van der Waals surface area contributed by atoms with E-state index in [-0.39, 0.29) is 17.4 Å². The maximum Gasteiger partial charge on any atom is 0.573 e. The largest absolute Gasteiger partial charge is 0.573 e. The van der Waals surface area contributed by atoms with Crippen molar-refractivity contribution >= 4 is 12.0 Å². The first-order valence-corrected chi connectivity index (χ1v) is 8.36. The molecule has 0 spiro atoms. The van der Waals surface area contributed by atoms with Gasteiger partial charge in [-0.15, -0.1) is 13.2 Å². The van der Waals surface area contributed by atoms with Crippen LogP contribution >= 0.6 is 0 Å². The van der Waals surface area contributed by atoms with E-state index < -0.39 is 12.2 Å². The van der Waals surface area contributed by atoms with Crippen molar-refractivity contribution in [1.29, 1.82) is 0 Å². The van der Waals surface area contributed by atoms with Crippen LogP contribution in [0.15, 0.2) is 42.5 Å². The van der Waals surface area contributed by atoms with E-state index in [0.29, 0.717) is 43.7 Å². The number of alkyl halides is 3. The zero-order valence-corrected chi connectivity index (χ0v) is 14.2. The molecule has 1 aliphatic rings. The van der Waals surface area contributed by atoms with Crippen molar-refractivity contribution in [3.63, 3.8) is 0 Å². The highest BCUT2D eigenvalue weighted by Crippen LogP contribution is 2.27. The molecule has 4 nitrogen and oxygen atoms in total. The highest BCUT2D eigenvalue weighted by Gasteiger charge is 2.31. The molecule has 0 aromatic heterocycles. The number of carbonyl (C=O) groups is 1. The quantitative estimate of drug-likeness (QED) is 0.560. The highest BCUT2D eigenvalue weighted by molar-refractivity contribution is 5.76. The minimum atomic E-state index is -4.72. The first kappa shape index (κ1) is 19.0. The lowest BCUT2D eigenvalue weighted by Crippen LogP contribution is -2.38. The van der Waals surface area contributed by atoms with Crippen LogP contribution in [-0.4, -0.2) is 31.8 Å². The molecule has 2 aromatic carbocycles. The summed E-state index contributed by atoms with van der Waals surface area (Å²) in [6, 6.07) is 9.76. The fraction of sp³-hybridized carbons (Fsp3) is 0.316. The molecular weight excluding hydrogens is 366 g/mol. The van der Waals surface area contributed by atoms with Crippen LogP contribution in [0.4, 0.5) is 23.2 Å². The molecule has 2 aromatic rings. The molecule has 0 aliphatic carbocycles. The molecule has 0 saturated carbocycles. The molecule has 0 amide bonds. The third kappa shape index (κ3) is 5.12. The number of hydrogen-bond donors (Lipinski definition) is 0. The van der Waals surface area contributed by atoms with Crippen LogP contribution in [-0.2, 0) is 0 Å². The van der Waals surface area contributed by atoms with Gasteiger partial charge in [-0.2, -0.15) is 0 Å². The third-order valence-electron chi connectivity index (χ3n) is 4.28. The number of piperidine rings is 1. The number of carbonyl (C=O) groups excluding carboxylic acids is 1. The Kier molecular flexibility index (Phi) is 5.53. The molecule has 3 rings (SSSR count). The SMILES string of the molecule is O=Cc1ccc(N2CCC(Oc3ccc(OC(F)(F)F)cc3)CC2)cc1F. The average molecular weight is 383 g/mol. The van der Waals surface area contributed by atoms with Gasteiger partial charge in [0.1, 0.15) is 23.4 Å². The molecule has 0 bridgehead atoms. The van der Waals surface area contributed by atoms with E-state index in [2.05, 4.69) is 4.74 Å². The average Bonchev–Trinajstić information content (AvgIpc) is 2.63. The van der Waals surface area contributed by atoms with E-state index in [4.69, 9.17) is 4.74 Å². The van der Waals surface area contributed by atoms with E-state index >= 15 is 0 Å². The molecule has 0 atom stereocenters. The second kappa shape index (κ2) is 7.85. The second-order valence-corrected chi connectivity index (χ2v) is 6.15. The second-order valence-electron chi connectivity index (χ2n) is 6.15. The number of hydrogen-bond acceptors (Lipinski definition) is 4. The molecule has 1 aliphatic heterocycles. The lowest BCUT2D eigenvalue weighted by atomic mass is 10.1. The first-order chi connectivity index (χ1) is 12.8. The standard InChI is InChI=1S/C19H17F4NO3/c20-18-11-14(2-1-13(18)12-25)24-9-7-16(8-10-24)26-15-3-5-17(6-4-15)27-19(21,22)23/h1-6,11-12,16H,7-10H2. The molecule has 27 heavy (non-hydrogen) atoms.